The lowest BCUT2D eigenvalue weighted by molar-refractivity contribution is 0.0729. The average Bonchev–Trinajstić information content (AvgIpc) is 2.99. The van der Waals surface area contributed by atoms with Crippen LogP contribution in [0.2, 0.25) is 0 Å². The molecule has 0 N–H and O–H groups in total. The Morgan fingerprint density at radius 3 is 2.46 bits per heavy atom. The van der Waals surface area contributed by atoms with E-state index in [2.05, 4.69) is 0 Å². The van der Waals surface area contributed by atoms with Gasteiger partial charge in [0.1, 0.15) is 23.1 Å². The second-order valence-electron chi connectivity index (χ2n) is 6.02. The molecule has 138 valence electrons. The van der Waals surface area contributed by atoms with E-state index in [-0.39, 0.29) is 34.4 Å². The molecule has 0 saturated heterocycles. The van der Waals surface area contributed by atoms with Crippen molar-refractivity contribution in [3.05, 3.63) is 101 Å². The number of ether oxygens (including phenoxy) is 2. The number of hydrogen-bond donors (Lipinski definition) is 0. The zero-order valence-electron chi connectivity index (χ0n) is 14.3. The van der Waals surface area contributed by atoms with Gasteiger partial charge in [-0.25, -0.2) is 13.6 Å². The number of carbonyl (C=O) groups excluding carboxylic acids is 2. The summed E-state index contributed by atoms with van der Waals surface area (Å²) in [5.74, 6) is -1.87. The van der Waals surface area contributed by atoms with E-state index >= 15 is 0 Å². The molecule has 0 unspecified atom stereocenters. The van der Waals surface area contributed by atoms with Gasteiger partial charge in [0.15, 0.2) is 5.76 Å². The maximum Gasteiger partial charge on any atom is 0.346 e. The van der Waals surface area contributed by atoms with E-state index in [4.69, 9.17) is 9.47 Å². The molecule has 3 aromatic carbocycles. The number of rotatable bonds is 3. The van der Waals surface area contributed by atoms with Crippen LogP contribution < -0.4 is 9.47 Å². The molecule has 4 nitrogen and oxygen atoms in total. The van der Waals surface area contributed by atoms with Crippen LogP contribution in [0.15, 0.2) is 72.5 Å². The molecular formula is C22H12F2O4. The Hall–Kier alpha value is -3.80. The van der Waals surface area contributed by atoms with Gasteiger partial charge in [-0.05, 0) is 48.0 Å². The van der Waals surface area contributed by atoms with Crippen molar-refractivity contribution in [1.82, 2.24) is 0 Å². The van der Waals surface area contributed by atoms with Crippen LogP contribution in [0.4, 0.5) is 8.78 Å². The topological polar surface area (TPSA) is 52.6 Å². The van der Waals surface area contributed by atoms with Gasteiger partial charge in [-0.3, -0.25) is 4.79 Å². The molecule has 1 heterocycles. The highest BCUT2D eigenvalue weighted by Crippen LogP contribution is 2.35. The van der Waals surface area contributed by atoms with Crippen LogP contribution in [0.1, 0.15) is 26.3 Å². The number of ketones is 1. The minimum Gasteiger partial charge on any atom is -0.452 e. The van der Waals surface area contributed by atoms with E-state index in [1.807, 2.05) is 0 Å². The highest BCUT2D eigenvalue weighted by Gasteiger charge is 2.28. The standard InChI is InChI=1S/C22H12F2O4/c23-14-7-5-13(6-8-14)11-20-21(25)17-10-9-15(12-19(17)28-20)27-22(26)16-3-1-2-4-18(16)24/h1-12H/b20-11-. The van der Waals surface area contributed by atoms with Crippen LogP contribution in [-0.4, -0.2) is 11.8 Å². The summed E-state index contributed by atoms with van der Waals surface area (Å²) in [6, 6.07) is 15.3. The molecule has 0 saturated carbocycles. The lowest BCUT2D eigenvalue weighted by atomic mass is 10.1. The maximum absolute atomic E-state index is 13.7. The molecule has 1 aliphatic heterocycles. The zero-order valence-corrected chi connectivity index (χ0v) is 14.3. The summed E-state index contributed by atoms with van der Waals surface area (Å²) in [5.41, 5.74) is 0.708. The quantitative estimate of drug-likeness (QED) is 0.373. The van der Waals surface area contributed by atoms with Crippen LogP contribution in [0, 0.1) is 11.6 Å². The van der Waals surface area contributed by atoms with E-state index in [0.717, 1.165) is 6.07 Å². The Balaban J connectivity index is 1.56. The smallest absolute Gasteiger partial charge is 0.346 e. The minimum atomic E-state index is -0.857. The molecule has 3 aromatic rings. The number of hydrogen-bond acceptors (Lipinski definition) is 4. The largest absolute Gasteiger partial charge is 0.452 e. The van der Waals surface area contributed by atoms with Gasteiger partial charge in [-0.1, -0.05) is 24.3 Å². The number of allylic oxidation sites excluding steroid dienone is 1. The lowest BCUT2D eigenvalue weighted by Gasteiger charge is -2.06. The molecule has 0 radical (unpaired) electrons. The SMILES string of the molecule is O=C(Oc1ccc2c(c1)O/C(=C\c1ccc(F)cc1)C2=O)c1ccccc1F. The van der Waals surface area contributed by atoms with Gasteiger partial charge in [-0.2, -0.15) is 0 Å². The number of carbonyl (C=O) groups is 2. The first-order valence-electron chi connectivity index (χ1n) is 8.32. The Bertz CT molecular complexity index is 1120. The van der Waals surface area contributed by atoms with Crippen LogP contribution in [0.5, 0.6) is 11.5 Å². The van der Waals surface area contributed by atoms with Crippen molar-refractivity contribution in [3.63, 3.8) is 0 Å². The fourth-order valence-electron chi connectivity index (χ4n) is 2.73. The number of halogens is 2. The maximum atomic E-state index is 13.7. The molecule has 4 rings (SSSR count). The molecule has 0 bridgehead atoms. The second-order valence-corrected chi connectivity index (χ2v) is 6.02. The highest BCUT2D eigenvalue weighted by molar-refractivity contribution is 6.14. The van der Waals surface area contributed by atoms with Crippen molar-refractivity contribution in [3.8, 4) is 11.5 Å². The van der Waals surface area contributed by atoms with Gasteiger partial charge >= 0.3 is 5.97 Å². The van der Waals surface area contributed by atoms with Crippen molar-refractivity contribution in [2.45, 2.75) is 0 Å². The van der Waals surface area contributed by atoms with E-state index in [9.17, 15) is 18.4 Å². The summed E-state index contributed by atoms with van der Waals surface area (Å²) in [7, 11) is 0. The first-order valence-corrected chi connectivity index (χ1v) is 8.32. The molecule has 0 fully saturated rings. The Kier molecular flexibility index (Phi) is 4.45. The van der Waals surface area contributed by atoms with Crippen LogP contribution in [-0.2, 0) is 0 Å². The molecule has 1 aliphatic rings. The van der Waals surface area contributed by atoms with E-state index in [0.29, 0.717) is 11.1 Å². The van der Waals surface area contributed by atoms with E-state index in [1.54, 1.807) is 0 Å². The monoisotopic (exact) mass is 378 g/mol. The van der Waals surface area contributed by atoms with Crippen molar-refractivity contribution in [2.24, 2.45) is 0 Å². The third-order valence-electron chi connectivity index (χ3n) is 4.11. The Labute approximate surface area is 158 Å². The van der Waals surface area contributed by atoms with Crippen molar-refractivity contribution in [1.29, 1.82) is 0 Å². The van der Waals surface area contributed by atoms with Crippen LogP contribution in [0.3, 0.4) is 0 Å². The molecular weight excluding hydrogens is 366 g/mol. The summed E-state index contributed by atoms with van der Waals surface area (Å²) < 4.78 is 37.4. The number of Topliss-reactive ketones (excluding diaryl/α,β-unsaturated/α-hetero) is 1. The fraction of sp³-hybridized carbons (Fsp3) is 0. The predicted molar refractivity (Wildman–Crippen MR) is 97.1 cm³/mol. The van der Waals surface area contributed by atoms with Crippen LogP contribution in [0.25, 0.3) is 6.08 Å². The minimum absolute atomic E-state index is 0.0687. The third-order valence-corrected chi connectivity index (χ3v) is 4.11. The van der Waals surface area contributed by atoms with Crippen LogP contribution >= 0.6 is 0 Å². The number of benzene rings is 3. The van der Waals surface area contributed by atoms with Crippen molar-refractivity contribution in [2.75, 3.05) is 0 Å². The van der Waals surface area contributed by atoms with Gasteiger partial charge in [0, 0.05) is 6.07 Å². The predicted octanol–water partition coefficient (Wildman–Crippen LogP) is 4.80. The van der Waals surface area contributed by atoms with Crippen molar-refractivity contribution >= 4 is 17.8 Å². The molecule has 28 heavy (non-hydrogen) atoms. The Morgan fingerprint density at radius 2 is 1.71 bits per heavy atom. The lowest BCUT2D eigenvalue weighted by Crippen LogP contribution is -2.10. The summed E-state index contributed by atoms with van der Waals surface area (Å²) in [6.07, 6.45) is 1.49. The highest BCUT2D eigenvalue weighted by atomic mass is 19.1. The van der Waals surface area contributed by atoms with Gasteiger partial charge in [0.05, 0.1) is 11.1 Å². The number of esters is 1. The normalized spacial score (nSPS) is 13.9. The summed E-state index contributed by atoms with van der Waals surface area (Å²) in [5, 5.41) is 0. The molecule has 0 spiro atoms. The third kappa shape index (κ3) is 3.40. The molecule has 0 aliphatic carbocycles. The van der Waals surface area contributed by atoms with E-state index in [1.165, 1.54) is 66.7 Å². The van der Waals surface area contributed by atoms with Gasteiger partial charge in [-0.15, -0.1) is 0 Å². The first kappa shape index (κ1) is 17.6. The molecule has 0 amide bonds. The van der Waals surface area contributed by atoms with Gasteiger partial charge in [0.25, 0.3) is 0 Å². The average molecular weight is 378 g/mol. The first-order chi connectivity index (χ1) is 13.5. The molecule has 0 atom stereocenters. The molecule has 0 aromatic heterocycles. The summed E-state index contributed by atoms with van der Waals surface area (Å²) in [4.78, 5) is 24.6. The van der Waals surface area contributed by atoms with Gasteiger partial charge < -0.3 is 9.47 Å². The Morgan fingerprint density at radius 1 is 0.964 bits per heavy atom. The van der Waals surface area contributed by atoms with E-state index < -0.39 is 11.8 Å². The summed E-state index contributed by atoms with van der Waals surface area (Å²) >= 11 is 0. The molecule has 6 heteroatoms. The second kappa shape index (κ2) is 7.08. The van der Waals surface area contributed by atoms with Gasteiger partial charge in [0.2, 0.25) is 5.78 Å². The fourth-order valence-corrected chi connectivity index (χ4v) is 2.73. The van der Waals surface area contributed by atoms with Crippen molar-refractivity contribution < 1.29 is 27.8 Å². The number of fused-ring (bicyclic) bond motifs is 1. The summed E-state index contributed by atoms with van der Waals surface area (Å²) in [6.45, 7) is 0. The zero-order chi connectivity index (χ0) is 19.7.